The normalized spacial score (nSPS) is 11.4. The molecule has 3 aromatic rings. The van der Waals surface area contributed by atoms with Crippen molar-refractivity contribution in [2.45, 2.75) is 27.7 Å². The van der Waals surface area contributed by atoms with Gasteiger partial charge in [-0.15, -0.1) is 21.5 Å². The van der Waals surface area contributed by atoms with E-state index in [0.717, 1.165) is 33.3 Å². The molecule has 0 aliphatic carbocycles. The average molecular weight is 273 g/mol. The number of hydrogen-bond donors (Lipinski definition) is 1. The lowest BCUT2D eigenvalue weighted by Crippen LogP contribution is -1.99. The van der Waals surface area contributed by atoms with Crippen molar-refractivity contribution >= 4 is 22.1 Å². The van der Waals surface area contributed by atoms with Crippen LogP contribution in [0.1, 0.15) is 21.8 Å². The van der Waals surface area contributed by atoms with Gasteiger partial charge in [0.25, 0.3) is 5.78 Å². The Balaban J connectivity index is 2.38. The fourth-order valence-corrected chi connectivity index (χ4v) is 3.25. The molecule has 0 aliphatic heterocycles. The molecule has 0 saturated heterocycles. The summed E-state index contributed by atoms with van der Waals surface area (Å²) in [6, 6.07) is 2.02. The molecule has 19 heavy (non-hydrogen) atoms. The highest BCUT2D eigenvalue weighted by molar-refractivity contribution is 7.16. The van der Waals surface area contributed by atoms with Crippen LogP contribution in [0.5, 0.6) is 0 Å². The van der Waals surface area contributed by atoms with Gasteiger partial charge >= 0.3 is 0 Å². The lowest BCUT2D eigenvalue weighted by atomic mass is 10.1. The number of fused-ring (bicyclic) bond motifs is 1. The SMILES string of the molecule is Cc1cc(C)n2c(-c3c(N)sc(C)c3C)nnc2n1. The maximum Gasteiger partial charge on any atom is 0.255 e. The van der Waals surface area contributed by atoms with Crippen molar-refractivity contribution in [1.82, 2.24) is 19.6 Å². The van der Waals surface area contributed by atoms with E-state index < -0.39 is 0 Å². The van der Waals surface area contributed by atoms with Crippen LogP contribution >= 0.6 is 11.3 Å². The van der Waals surface area contributed by atoms with Crippen LogP contribution in [-0.4, -0.2) is 19.6 Å². The molecule has 0 atom stereocenters. The number of aromatic nitrogens is 4. The molecule has 0 radical (unpaired) electrons. The highest BCUT2D eigenvalue weighted by Crippen LogP contribution is 2.37. The fraction of sp³-hybridized carbons (Fsp3) is 0.308. The van der Waals surface area contributed by atoms with Crippen molar-refractivity contribution in [2.75, 3.05) is 5.73 Å². The minimum absolute atomic E-state index is 0.621. The Hall–Kier alpha value is -1.95. The monoisotopic (exact) mass is 273 g/mol. The molecule has 0 saturated carbocycles. The number of thiophene rings is 1. The van der Waals surface area contributed by atoms with E-state index in [2.05, 4.69) is 29.0 Å². The van der Waals surface area contributed by atoms with Crippen molar-refractivity contribution in [3.05, 3.63) is 27.9 Å². The lowest BCUT2D eigenvalue weighted by molar-refractivity contribution is 1.02. The third kappa shape index (κ3) is 1.71. The van der Waals surface area contributed by atoms with Gasteiger partial charge in [-0.1, -0.05) is 0 Å². The number of nitrogens with two attached hydrogens (primary N) is 1. The summed E-state index contributed by atoms with van der Waals surface area (Å²) in [5, 5.41) is 9.22. The maximum absolute atomic E-state index is 6.12. The smallest absolute Gasteiger partial charge is 0.255 e. The molecule has 0 aliphatic rings. The van der Waals surface area contributed by atoms with Gasteiger partial charge in [-0.05, 0) is 39.3 Å². The molecule has 0 aromatic carbocycles. The molecule has 98 valence electrons. The third-order valence-electron chi connectivity index (χ3n) is 3.33. The van der Waals surface area contributed by atoms with Gasteiger partial charge in [0.05, 0.1) is 10.6 Å². The Kier molecular flexibility index (Phi) is 2.56. The van der Waals surface area contributed by atoms with E-state index in [1.165, 1.54) is 4.88 Å². The highest BCUT2D eigenvalue weighted by Gasteiger charge is 2.19. The van der Waals surface area contributed by atoms with Gasteiger partial charge in [-0.25, -0.2) is 4.98 Å². The zero-order valence-electron chi connectivity index (χ0n) is 11.4. The van der Waals surface area contributed by atoms with Gasteiger partial charge in [-0.3, -0.25) is 4.40 Å². The Labute approximate surface area is 115 Å². The van der Waals surface area contributed by atoms with E-state index in [9.17, 15) is 0 Å². The first kappa shape index (κ1) is 12.1. The van der Waals surface area contributed by atoms with E-state index in [-0.39, 0.29) is 0 Å². The number of anilines is 1. The van der Waals surface area contributed by atoms with Crippen LogP contribution in [-0.2, 0) is 0 Å². The quantitative estimate of drug-likeness (QED) is 0.740. The van der Waals surface area contributed by atoms with Gasteiger partial charge in [0.2, 0.25) is 0 Å². The summed E-state index contributed by atoms with van der Waals surface area (Å²) < 4.78 is 1.96. The molecule has 0 spiro atoms. The first-order valence-electron chi connectivity index (χ1n) is 6.04. The second-order valence-electron chi connectivity index (χ2n) is 4.72. The zero-order chi connectivity index (χ0) is 13.7. The summed E-state index contributed by atoms with van der Waals surface area (Å²) in [7, 11) is 0. The number of nitrogens with zero attached hydrogens (tertiary/aromatic N) is 4. The number of rotatable bonds is 1. The van der Waals surface area contributed by atoms with Crippen LogP contribution in [0.15, 0.2) is 6.07 Å². The van der Waals surface area contributed by atoms with Crippen LogP contribution in [0, 0.1) is 27.7 Å². The van der Waals surface area contributed by atoms with Crippen molar-refractivity contribution in [3.63, 3.8) is 0 Å². The summed E-state index contributed by atoms with van der Waals surface area (Å²) in [4.78, 5) is 5.61. The topological polar surface area (TPSA) is 69.1 Å². The third-order valence-corrected chi connectivity index (χ3v) is 4.37. The summed E-state index contributed by atoms with van der Waals surface area (Å²) >= 11 is 1.59. The number of aryl methyl sites for hydroxylation is 3. The van der Waals surface area contributed by atoms with Crippen molar-refractivity contribution in [1.29, 1.82) is 0 Å². The van der Waals surface area contributed by atoms with Gasteiger partial charge in [0.15, 0.2) is 5.82 Å². The standard InChI is InChI=1S/C13H15N5S/c1-6-5-7(2)18-12(16-17-13(18)15-6)10-8(3)9(4)19-11(10)14/h5H,14H2,1-4H3. The minimum Gasteiger partial charge on any atom is -0.390 e. The van der Waals surface area contributed by atoms with E-state index >= 15 is 0 Å². The van der Waals surface area contributed by atoms with Gasteiger partial charge in [0, 0.05) is 16.3 Å². The predicted molar refractivity (Wildman–Crippen MR) is 77.5 cm³/mol. The van der Waals surface area contributed by atoms with Crippen LogP contribution < -0.4 is 5.73 Å². The first-order valence-corrected chi connectivity index (χ1v) is 6.86. The Bertz CT molecular complexity index is 784. The van der Waals surface area contributed by atoms with Crippen LogP contribution in [0.2, 0.25) is 0 Å². The largest absolute Gasteiger partial charge is 0.390 e. The van der Waals surface area contributed by atoms with Crippen LogP contribution in [0.3, 0.4) is 0 Å². The fourth-order valence-electron chi connectivity index (χ4n) is 2.32. The minimum atomic E-state index is 0.621. The summed E-state index contributed by atoms with van der Waals surface area (Å²) in [6.07, 6.45) is 0. The summed E-state index contributed by atoms with van der Waals surface area (Å²) in [5.74, 6) is 1.40. The Morgan fingerprint density at radius 2 is 1.89 bits per heavy atom. The van der Waals surface area contributed by atoms with Gasteiger partial charge in [-0.2, -0.15) is 0 Å². The molecule has 3 aromatic heterocycles. The predicted octanol–water partition coefficient (Wildman–Crippen LogP) is 2.67. The van der Waals surface area contributed by atoms with Crippen molar-refractivity contribution < 1.29 is 0 Å². The van der Waals surface area contributed by atoms with E-state index in [4.69, 9.17) is 5.73 Å². The number of nitrogen functional groups attached to an aromatic ring is 1. The molecule has 0 fully saturated rings. The molecular formula is C13H15N5S. The lowest BCUT2D eigenvalue weighted by Gasteiger charge is -2.05. The first-order chi connectivity index (χ1) is 8.99. The van der Waals surface area contributed by atoms with Crippen LogP contribution in [0.4, 0.5) is 5.00 Å². The molecule has 0 unspecified atom stereocenters. The molecule has 6 heteroatoms. The molecule has 2 N–H and O–H groups in total. The molecule has 0 bridgehead atoms. The Morgan fingerprint density at radius 3 is 2.53 bits per heavy atom. The zero-order valence-corrected chi connectivity index (χ0v) is 12.2. The van der Waals surface area contributed by atoms with Gasteiger partial charge < -0.3 is 5.73 Å². The van der Waals surface area contributed by atoms with Gasteiger partial charge in [0.1, 0.15) is 0 Å². The van der Waals surface area contributed by atoms with Crippen molar-refractivity contribution in [2.24, 2.45) is 0 Å². The summed E-state index contributed by atoms with van der Waals surface area (Å²) in [6.45, 7) is 8.11. The molecule has 3 rings (SSSR count). The summed E-state index contributed by atoms with van der Waals surface area (Å²) in [5.41, 5.74) is 10.3. The van der Waals surface area contributed by atoms with Crippen molar-refractivity contribution in [3.8, 4) is 11.4 Å². The van der Waals surface area contributed by atoms with Crippen LogP contribution in [0.25, 0.3) is 17.2 Å². The molecule has 5 nitrogen and oxygen atoms in total. The molecule has 3 heterocycles. The van der Waals surface area contributed by atoms with E-state index in [0.29, 0.717) is 5.78 Å². The molecule has 0 amide bonds. The van der Waals surface area contributed by atoms with E-state index in [1.807, 2.05) is 24.3 Å². The second kappa shape index (κ2) is 4.03. The van der Waals surface area contributed by atoms with E-state index in [1.54, 1.807) is 11.3 Å². The number of hydrogen-bond acceptors (Lipinski definition) is 5. The average Bonchev–Trinajstić information content (AvgIpc) is 2.82. The Morgan fingerprint density at radius 1 is 1.16 bits per heavy atom. The second-order valence-corrected chi connectivity index (χ2v) is 5.98. The highest BCUT2D eigenvalue weighted by atomic mass is 32.1. The maximum atomic E-state index is 6.12. The molecular weight excluding hydrogens is 258 g/mol.